The van der Waals surface area contributed by atoms with Gasteiger partial charge < -0.3 is 14.6 Å². The maximum absolute atomic E-state index is 10.9. The number of rotatable bonds is 5. The van der Waals surface area contributed by atoms with E-state index in [4.69, 9.17) is 14.6 Å². The van der Waals surface area contributed by atoms with Gasteiger partial charge in [0.05, 0.1) is 19.6 Å². The second-order valence-electron chi connectivity index (χ2n) is 3.40. The molecule has 0 fully saturated rings. The van der Waals surface area contributed by atoms with Gasteiger partial charge in [-0.15, -0.1) is 0 Å². The number of methoxy groups -OCH3 is 1. The van der Waals surface area contributed by atoms with E-state index in [1.54, 1.807) is 32.2 Å². The van der Waals surface area contributed by atoms with Crippen LogP contribution in [0, 0.1) is 0 Å². The zero-order valence-corrected chi connectivity index (χ0v) is 12.7. The predicted octanol–water partition coefficient (Wildman–Crippen LogP) is 1.90. The van der Waals surface area contributed by atoms with Crippen LogP contribution in [0.25, 0.3) is 0 Å². The van der Waals surface area contributed by atoms with Gasteiger partial charge in [-0.2, -0.15) is 0 Å². The molecule has 0 saturated heterocycles. The topological polar surface area (TPSA) is 55.8 Å². The fourth-order valence-corrected chi connectivity index (χ4v) is 1.37. The van der Waals surface area contributed by atoms with Crippen molar-refractivity contribution in [3.05, 3.63) is 23.8 Å². The molecule has 0 bridgehead atoms. The summed E-state index contributed by atoms with van der Waals surface area (Å²) in [5, 5.41) is 8.91. The molecule has 1 N–H and O–H groups in total. The van der Waals surface area contributed by atoms with Crippen LogP contribution in [-0.4, -0.2) is 54.3 Å². The standard InChI is InChI=1S/C12H16O4.Na/c1-4-16-11-7-9(8(2)12(13)14)5-6-10(11)15-3;/h5-8H,4H2,1-3H3,(H,13,14);. The van der Waals surface area contributed by atoms with E-state index >= 15 is 0 Å². The Morgan fingerprint density at radius 2 is 2.06 bits per heavy atom. The van der Waals surface area contributed by atoms with Crippen molar-refractivity contribution in [3.63, 3.8) is 0 Å². The zero-order valence-electron chi connectivity index (χ0n) is 10.7. The van der Waals surface area contributed by atoms with Crippen LogP contribution >= 0.6 is 0 Å². The van der Waals surface area contributed by atoms with Gasteiger partial charge in [0.15, 0.2) is 11.5 Å². The van der Waals surface area contributed by atoms with E-state index in [9.17, 15) is 4.79 Å². The molecule has 0 aliphatic heterocycles. The Morgan fingerprint density at radius 3 is 2.53 bits per heavy atom. The number of aliphatic carboxylic acids is 1. The van der Waals surface area contributed by atoms with Gasteiger partial charge in [0.25, 0.3) is 0 Å². The summed E-state index contributed by atoms with van der Waals surface area (Å²) in [6, 6.07) is 5.17. The minimum atomic E-state index is -0.854. The van der Waals surface area contributed by atoms with Crippen molar-refractivity contribution in [3.8, 4) is 11.5 Å². The third-order valence-corrected chi connectivity index (χ3v) is 2.36. The Labute approximate surface area is 123 Å². The zero-order chi connectivity index (χ0) is 12.1. The van der Waals surface area contributed by atoms with E-state index < -0.39 is 11.9 Å². The van der Waals surface area contributed by atoms with Crippen molar-refractivity contribution in [2.45, 2.75) is 19.8 Å². The Kier molecular flexibility index (Phi) is 7.27. The van der Waals surface area contributed by atoms with Crippen LogP contribution < -0.4 is 9.47 Å². The molecule has 5 heteroatoms. The SMILES string of the molecule is CCOc1cc(C(C)C(=O)O)ccc1OC.[Na]. The molecule has 0 aromatic heterocycles. The summed E-state index contributed by atoms with van der Waals surface area (Å²) in [7, 11) is 1.55. The number of benzene rings is 1. The normalized spacial score (nSPS) is 11.2. The quantitative estimate of drug-likeness (QED) is 0.807. The van der Waals surface area contributed by atoms with Crippen LogP contribution in [0.3, 0.4) is 0 Å². The van der Waals surface area contributed by atoms with Crippen molar-refractivity contribution < 1.29 is 19.4 Å². The summed E-state index contributed by atoms with van der Waals surface area (Å²) in [5.74, 6) is -0.212. The maximum Gasteiger partial charge on any atom is 0.310 e. The van der Waals surface area contributed by atoms with E-state index in [0.717, 1.165) is 0 Å². The van der Waals surface area contributed by atoms with Crippen LogP contribution in [0.1, 0.15) is 25.3 Å². The Morgan fingerprint density at radius 1 is 1.41 bits per heavy atom. The Balaban J connectivity index is 0.00000256. The van der Waals surface area contributed by atoms with E-state index in [1.165, 1.54) is 0 Å². The molecule has 1 rings (SSSR count). The minimum absolute atomic E-state index is 0. The molecule has 1 aromatic rings. The molecule has 0 amide bonds. The van der Waals surface area contributed by atoms with Crippen molar-refractivity contribution in [1.82, 2.24) is 0 Å². The second-order valence-corrected chi connectivity index (χ2v) is 3.40. The summed E-state index contributed by atoms with van der Waals surface area (Å²) in [4.78, 5) is 10.9. The summed E-state index contributed by atoms with van der Waals surface area (Å²) >= 11 is 0. The first-order valence-corrected chi connectivity index (χ1v) is 5.13. The Bertz CT molecular complexity index is 379. The third-order valence-electron chi connectivity index (χ3n) is 2.36. The van der Waals surface area contributed by atoms with E-state index in [-0.39, 0.29) is 29.6 Å². The van der Waals surface area contributed by atoms with E-state index in [0.29, 0.717) is 23.7 Å². The molecule has 1 aromatic carbocycles. The number of carbonyl (C=O) groups is 1. The molecule has 89 valence electrons. The van der Waals surface area contributed by atoms with Crippen molar-refractivity contribution in [2.24, 2.45) is 0 Å². The number of ether oxygens (including phenoxy) is 2. The molecular weight excluding hydrogens is 231 g/mol. The van der Waals surface area contributed by atoms with Crippen molar-refractivity contribution in [1.29, 1.82) is 0 Å². The number of carboxylic acid groups (broad SMARTS) is 1. The monoisotopic (exact) mass is 247 g/mol. The van der Waals surface area contributed by atoms with Gasteiger partial charge in [0.2, 0.25) is 0 Å². The summed E-state index contributed by atoms with van der Waals surface area (Å²) in [6.07, 6.45) is 0. The first kappa shape index (κ1) is 16.3. The van der Waals surface area contributed by atoms with Gasteiger partial charge in [0.1, 0.15) is 0 Å². The van der Waals surface area contributed by atoms with Crippen molar-refractivity contribution >= 4 is 35.5 Å². The average molecular weight is 247 g/mol. The van der Waals surface area contributed by atoms with E-state index in [2.05, 4.69) is 0 Å². The van der Waals surface area contributed by atoms with Gasteiger partial charge in [-0.05, 0) is 31.5 Å². The number of carboxylic acids is 1. The number of hydrogen-bond acceptors (Lipinski definition) is 3. The third kappa shape index (κ3) is 4.22. The van der Waals surface area contributed by atoms with Crippen LogP contribution in [-0.2, 0) is 4.79 Å². The average Bonchev–Trinajstić information content (AvgIpc) is 2.28. The van der Waals surface area contributed by atoms with Crippen LogP contribution in [0.5, 0.6) is 11.5 Å². The predicted molar refractivity (Wildman–Crippen MR) is 66.0 cm³/mol. The van der Waals surface area contributed by atoms with Gasteiger partial charge >= 0.3 is 5.97 Å². The fourth-order valence-electron chi connectivity index (χ4n) is 1.37. The second kappa shape index (κ2) is 7.58. The van der Waals surface area contributed by atoms with Gasteiger partial charge in [-0.1, -0.05) is 6.07 Å². The van der Waals surface area contributed by atoms with Crippen LogP contribution in [0.2, 0.25) is 0 Å². The van der Waals surface area contributed by atoms with E-state index in [1.807, 2.05) is 6.92 Å². The molecule has 4 nitrogen and oxygen atoms in total. The largest absolute Gasteiger partial charge is 0.493 e. The molecule has 0 heterocycles. The van der Waals surface area contributed by atoms with Gasteiger partial charge in [0, 0.05) is 29.6 Å². The summed E-state index contributed by atoms with van der Waals surface area (Å²) in [5.41, 5.74) is 0.705. The summed E-state index contributed by atoms with van der Waals surface area (Å²) in [6.45, 7) is 4.02. The molecule has 0 aliphatic rings. The molecule has 0 saturated carbocycles. The number of hydrogen-bond donors (Lipinski definition) is 1. The fraction of sp³-hybridized carbons (Fsp3) is 0.417. The molecule has 0 aliphatic carbocycles. The van der Waals surface area contributed by atoms with Crippen LogP contribution in [0.4, 0.5) is 0 Å². The maximum atomic E-state index is 10.9. The van der Waals surface area contributed by atoms with Gasteiger partial charge in [-0.25, -0.2) is 0 Å². The molecule has 17 heavy (non-hydrogen) atoms. The minimum Gasteiger partial charge on any atom is -0.493 e. The molecule has 1 atom stereocenters. The molecular formula is C12H16NaO4. The summed E-state index contributed by atoms with van der Waals surface area (Å²) < 4.78 is 10.5. The van der Waals surface area contributed by atoms with Crippen LogP contribution in [0.15, 0.2) is 18.2 Å². The van der Waals surface area contributed by atoms with Crippen molar-refractivity contribution in [2.75, 3.05) is 13.7 Å². The smallest absolute Gasteiger partial charge is 0.310 e. The molecule has 1 unspecified atom stereocenters. The first-order chi connectivity index (χ1) is 7.60. The molecule has 1 radical (unpaired) electrons. The Hall–Kier alpha value is -0.710. The first-order valence-electron chi connectivity index (χ1n) is 5.13. The molecule has 0 spiro atoms. The van der Waals surface area contributed by atoms with Gasteiger partial charge in [-0.3, -0.25) is 4.79 Å².